The Morgan fingerprint density at radius 1 is 1.10 bits per heavy atom. The van der Waals surface area contributed by atoms with Crippen LogP contribution in [0.5, 0.6) is 0 Å². The Morgan fingerprint density at radius 3 is 2.52 bits per heavy atom. The number of hydrogen-bond acceptors (Lipinski definition) is 4. The third kappa shape index (κ3) is 4.72. The number of piperidine rings is 1. The third-order valence-electron chi connectivity index (χ3n) is 6.32. The van der Waals surface area contributed by atoms with Crippen molar-refractivity contribution in [3.05, 3.63) is 71.3 Å². The highest BCUT2D eigenvalue weighted by molar-refractivity contribution is 5.95. The number of carbonyl (C=O) groups excluding carboxylic acids is 1. The summed E-state index contributed by atoms with van der Waals surface area (Å²) >= 11 is 0. The van der Waals surface area contributed by atoms with Crippen molar-refractivity contribution in [3.8, 4) is 11.3 Å². The second-order valence-corrected chi connectivity index (χ2v) is 8.62. The Bertz CT molecular complexity index is 1050. The maximum atomic E-state index is 12.8. The molecule has 1 atom stereocenters. The predicted molar refractivity (Wildman–Crippen MR) is 124 cm³/mol. The van der Waals surface area contributed by atoms with Crippen molar-refractivity contribution >= 4 is 11.6 Å². The van der Waals surface area contributed by atoms with Crippen LogP contribution in [-0.4, -0.2) is 34.9 Å². The van der Waals surface area contributed by atoms with Crippen LogP contribution in [-0.2, 0) is 4.79 Å². The number of carbonyl (C=O) groups is 1. The highest BCUT2D eigenvalue weighted by atomic mass is 16.4. The highest BCUT2D eigenvalue weighted by Crippen LogP contribution is 2.32. The molecule has 1 aliphatic rings. The molecule has 0 radical (unpaired) electrons. The van der Waals surface area contributed by atoms with Crippen molar-refractivity contribution in [2.24, 2.45) is 0 Å². The zero-order chi connectivity index (χ0) is 22.0. The lowest BCUT2D eigenvalue weighted by Gasteiger charge is -2.34. The summed E-state index contributed by atoms with van der Waals surface area (Å²) in [4.78, 5) is 19.9. The molecule has 5 heteroatoms. The zero-order valence-corrected chi connectivity index (χ0v) is 18.8. The number of benzene rings is 2. The zero-order valence-electron chi connectivity index (χ0n) is 18.8. The lowest BCUT2D eigenvalue weighted by atomic mass is 9.95. The molecule has 31 heavy (non-hydrogen) atoms. The van der Waals surface area contributed by atoms with Crippen LogP contribution in [0.15, 0.2) is 52.9 Å². The first kappa shape index (κ1) is 21.3. The minimum atomic E-state index is -0.174. The van der Waals surface area contributed by atoms with Gasteiger partial charge in [-0.15, -0.1) is 0 Å². The number of anilines is 1. The minimum Gasteiger partial charge on any atom is -0.445 e. The van der Waals surface area contributed by atoms with E-state index in [1.165, 1.54) is 0 Å². The molecule has 0 saturated carbocycles. The summed E-state index contributed by atoms with van der Waals surface area (Å²) in [5.74, 6) is 2.03. The number of hydrogen-bond donors (Lipinski definition) is 1. The number of rotatable bonds is 5. The number of nitrogens with zero attached hydrogens (tertiary/aromatic N) is 2. The molecule has 162 valence electrons. The summed E-state index contributed by atoms with van der Waals surface area (Å²) in [6, 6.07) is 16.1. The molecule has 1 saturated heterocycles. The number of aromatic nitrogens is 1. The van der Waals surface area contributed by atoms with Crippen LogP contribution in [0.2, 0.25) is 0 Å². The summed E-state index contributed by atoms with van der Waals surface area (Å²) in [7, 11) is 0. The predicted octanol–water partition coefficient (Wildman–Crippen LogP) is 5.47. The van der Waals surface area contributed by atoms with Crippen molar-refractivity contribution in [3.63, 3.8) is 0 Å². The maximum Gasteiger partial charge on any atom is 0.241 e. The smallest absolute Gasteiger partial charge is 0.241 e. The second-order valence-electron chi connectivity index (χ2n) is 8.62. The van der Waals surface area contributed by atoms with Crippen LogP contribution < -0.4 is 5.32 Å². The topological polar surface area (TPSA) is 58.4 Å². The van der Waals surface area contributed by atoms with Crippen LogP contribution in [0.25, 0.3) is 11.3 Å². The fourth-order valence-corrected chi connectivity index (χ4v) is 4.26. The van der Waals surface area contributed by atoms with E-state index in [0.29, 0.717) is 5.92 Å². The van der Waals surface area contributed by atoms with Crippen molar-refractivity contribution < 1.29 is 9.21 Å². The Morgan fingerprint density at radius 2 is 1.81 bits per heavy atom. The largest absolute Gasteiger partial charge is 0.445 e. The number of aryl methyl sites for hydroxylation is 3. The summed E-state index contributed by atoms with van der Waals surface area (Å²) < 4.78 is 6.05. The van der Waals surface area contributed by atoms with Gasteiger partial charge in [-0.05, 0) is 70.8 Å². The lowest BCUT2D eigenvalue weighted by molar-refractivity contribution is -0.121. The fourth-order valence-electron chi connectivity index (χ4n) is 4.26. The van der Waals surface area contributed by atoms with E-state index in [4.69, 9.17) is 9.40 Å². The monoisotopic (exact) mass is 417 g/mol. The van der Waals surface area contributed by atoms with Crippen molar-refractivity contribution in [2.75, 3.05) is 18.4 Å². The van der Waals surface area contributed by atoms with Crippen LogP contribution in [0.3, 0.4) is 0 Å². The van der Waals surface area contributed by atoms with Gasteiger partial charge in [0, 0.05) is 17.2 Å². The van der Waals surface area contributed by atoms with E-state index >= 15 is 0 Å². The quantitative estimate of drug-likeness (QED) is 0.598. The summed E-state index contributed by atoms with van der Waals surface area (Å²) in [5.41, 5.74) is 5.14. The molecular weight excluding hydrogens is 386 g/mol. The maximum absolute atomic E-state index is 12.8. The number of likely N-dealkylation sites (tertiary alicyclic amines) is 1. The molecule has 1 aliphatic heterocycles. The van der Waals surface area contributed by atoms with Gasteiger partial charge in [0.15, 0.2) is 5.89 Å². The molecule has 0 spiro atoms. The van der Waals surface area contributed by atoms with E-state index in [1.807, 2.05) is 58.0 Å². The van der Waals surface area contributed by atoms with Gasteiger partial charge in [-0.2, -0.15) is 0 Å². The van der Waals surface area contributed by atoms with Gasteiger partial charge in [-0.25, -0.2) is 4.98 Å². The van der Waals surface area contributed by atoms with Gasteiger partial charge in [-0.3, -0.25) is 9.69 Å². The molecular formula is C26H31N3O2. The summed E-state index contributed by atoms with van der Waals surface area (Å²) in [6.45, 7) is 9.74. The average molecular weight is 418 g/mol. The number of amides is 1. The SMILES string of the molecule is Cc1ccc(C)c(NC(=O)[C@@H](C)N2CCC(c3nc(-c4ccccc4)c(C)o3)CC2)c1. The Balaban J connectivity index is 1.37. The molecule has 0 bridgehead atoms. The Kier molecular flexibility index (Phi) is 6.23. The molecule has 1 aromatic heterocycles. The molecule has 0 unspecified atom stereocenters. The minimum absolute atomic E-state index is 0.0467. The van der Waals surface area contributed by atoms with Gasteiger partial charge in [0.25, 0.3) is 0 Å². The first-order chi connectivity index (χ1) is 14.9. The number of nitrogens with one attached hydrogen (secondary N) is 1. The number of oxazole rings is 1. The first-order valence-electron chi connectivity index (χ1n) is 11.1. The highest BCUT2D eigenvalue weighted by Gasteiger charge is 2.30. The molecule has 5 nitrogen and oxygen atoms in total. The van der Waals surface area contributed by atoms with E-state index in [9.17, 15) is 4.79 Å². The third-order valence-corrected chi connectivity index (χ3v) is 6.32. The Labute approximate surface area is 184 Å². The van der Waals surface area contributed by atoms with E-state index in [1.54, 1.807) is 0 Å². The van der Waals surface area contributed by atoms with E-state index in [-0.39, 0.29) is 11.9 Å². The van der Waals surface area contributed by atoms with Gasteiger partial charge < -0.3 is 9.73 Å². The van der Waals surface area contributed by atoms with Crippen molar-refractivity contribution in [2.45, 2.75) is 52.5 Å². The van der Waals surface area contributed by atoms with Crippen molar-refractivity contribution in [1.82, 2.24) is 9.88 Å². The average Bonchev–Trinajstić information content (AvgIpc) is 3.18. The second kappa shape index (κ2) is 9.06. The first-order valence-corrected chi connectivity index (χ1v) is 11.1. The molecule has 1 amide bonds. The van der Waals surface area contributed by atoms with E-state index in [0.717, 1.165) is 65.7 Å². The fraction of sp³-hybridized carbons (Fsp3) is 0.385. The van der Waals surface area contributed by atoms with E-state index in [2.05, 4.69) is 28.4 Å². The summed E-state index contributed by atoms with van der Waals surface area (Å²) in [5, 5.41) is 3.11. The van der Waals surface area contributed by atoms with Crippen LogP contribution in [0.1, 0.15) is 48.5 Å². The van der Waals surface area contributed by atoms with Gasteiger partial charge in [-0.1, -0.05) is 42.5 Å². The van der Waals surface area contributed by atoms with Gasteiger partial charge >= 0.3 is 0 Å². The normalized spacial score (nSPS) is 16.3. The molecule has 0 aliphatic carbocycles. The van der Waals surface area contributed by atoms with Crippen LogP contribution in [0.4, 0.5) is 5.69 Å². The van der Waals surface area contributed by atoms with E-state index < -0.39 is 0 Å². The van der Waals surface area contributed by atoms with Crippen LogP contribution >= 0.6 is 0 Å². The molecule has 1 N–H and O–H groups in total. The molecule has 3 aromatic rings. The van der Waals surface area contributed by atoms with Crippen LogP contribution in [0, 0.1) is 20.8 Å². The molecule has 2 heterocycles. The molecule has 4 rings (SSSR count). The van der Waals surface area contributed by atoms with Gasteiger partial charge in [0.2, 0.25) is 5.91 Å². The standard InChI is InChI=1S/C26H31N3O2/c1-17-10-11-18(2)23(16-17)27-25(30)19(3)29-14-12-22(13-15-29)26-28-24(20(4)31-26)21-8-6-5-7-9-21/h5-11,16,19,22H,12-15H2,1-4H3,(H,27,30)/t19-/m1/s1. The van der Waals surface area contributed by atoms with Gasteiger partial charge in [0.05, 0.1) is 6.04 Å². The van der Waals surface area contributed by atoms with Gasteiger partial charge in [0.1, 0.15) is 11.5 Å². The lowest BCUT2D eigenvalue weighted by Crippen LogP contribution is -2.45. The van der Waals surface area contributed by atoms with Crippen molar-refractivity contribution in [1.29, 1.82) is 0 Å². The summed E-state index contributed by atoms with van der Waals surface area (Å²) in [6.07, 6.45) is 1.88. The Hall–Kier alpha value is -2.92. The molecule has 2 aromatic carbocycles. The molecule has 1 fully saturated rings.